The molecule has 1 N–H and O–H groups in total. The van der Waals surface area contributed by atoms with Gasteiger partial charge in [-0.25, -0.2) is 4.98 Å². The molecule has 1 aromatic carbocycles. The highest BCUT2D eigenvalue weighted by molar-refractivity contribution is 7.13. The number of hydrogen-bond acceptors (Lipinski definition) is 4. The van der Waals surface area contributed by atoms with E-state index in [2.05, 4.69) is 47.8 Å². The molecule has 3 aromatic rings. The minimum atomic E-state index is -0.281. The zero-order valence-corrected chi connectivity index (χ0v) is 17.7. The third-order valence-corrected chi connectivity index (χ3v) is 6.48. The highest BCUT2D eigenvalue weighted by Gasteiger charge is 2.33. The molecule has 6 heteroatoms. The van der Waals surface area contributed by atoms with Gasteiger partial charge in [-0.15, -0.1) is 11.3 Å². The van der Waals surface area contributed by atoms with Gasteiger partial charge in [-0.2, -0.15) is 0 Å². The highest BCUT2D eigenvalue weighted by Crippen LogP contribution is 2.42. The number of nitrogens with zero attached hydrogens (tertiary/aromatic N) is 2. The second-order valence-electron chi connectivity index (χ2n) is 8.27. The molecule has 4 rings (SSSR count). The molecule has 28 heavy (non-hydrogen) atoms. The van der Waals surface area contributed by atoms with E-state index in [9.17, 15) is 4.79 Å². The zero-order chi connectivity index (χ0) is 19.9. The van der Waals surface area contributed by atoms with Crippen LogP contribution in [-0.2, 0) is 17.6 Å². The monoisotopic (exact) mass is 397 g/mol. The Morgan fingerprint density at radius 1 is 1.43 bits per heavy atom. The summed E-state index contributed by atoms with van der Waals surface area (Å²) >= 11 is 1.44. The molecule has 5 nitrogen and oxygen atoms in total. The van der Waals surface area contributed by atoms with Crippen molar-refractivity contribution in [1.29, 1.82) is 0 Å². The maximum atomic E-state index is 13.2. The van der Waals surface area contributed by atoms with Crippen molar-refractivity contribution in [2.75, 3.05) is 12.4 Å². The van der Waals surface area contributed by atoms with Crippen LogP contribution in [0.2, 0.25) is 0 Å². The summed E-state index contributed by atoms with van der Waals surface area (Å²) in [5, 5.41) is 6.76. The van der Waals surface area contributed by atoms with Gasteiger partial charge in [-0.1, -0.05) is 20.8 Å². The van der Waals surface area contributed by atoms with Crippen LogP contribution in [0.3, 0.4) is 0 Å². The van der Waals surface area contributed by atoms with Crippen LogP contribution in [-0.4, -0.2) is 22.6 Å². The Morgan fingerprint density at radius 2 is 2.25 bits per heavy atom. The maximum Gasteiger partial charge on any atom is 0.249 e. The number of rotatable bonds is 5. The summed E-state index contributed by atoms with van der Waals surface area (Å²) in [7, 11) is 1.68. The molecular formula is C22H27N3O2S. The number of carbonyl (C=O) groups is 1. The van der Waals surface area contributed by atoms with Crippen molar-refractivity contribution in [3.63, 3.8) is 0 Å². The molecule has 1 unspecified atom stereocenters. The number of benzene rings is 1. The van der Waals surface area contributed by atoms with Crippen LogP contribution >= 0.6 is 11.3 Å². The SMILES string of the molecule is CCC(C(=O)Nc1nccs1)n1c2c(c3ccc(OC)cc31)CCC(C)(C)C2. The van der Waals surface area contributed by atoms with Gasteiger partial charge in [0.25, 0.3) is 0 Å². The quantitative estimate of drug-likeness (QED) is 0.643. The lowest BCUT2D eigenvalue weighted by molar-refractivity contribution is -0.119. The van der Waals surface area contributed by atoms with Crippen LogP contribution in [0.1, 0.15) is 50.9 Å². The third kappa shape index (κ3) is 3.30. The Morgan fingerprint density at radius 3 is 2.93 bits per heavy atom. The molecule has 148 valence electrons. The Bertz CT molecular complexity index is 1000. The molecule has 2 aromatic heterocycles. The number of anilines is 1. The minimum absolute atomic E-state index is 0.0108. The van der Waals surface area contributed by atoms with Gasteiger partial charge in [-0.05, 0) is 48.8 Å². The van der Waals surface area contributed by atoms with Gasteiger partial charge in [0.2, 0.25) is 5.91 Å². The Kier molecular flexibility index (Phi) is 4.91. The van der Waals surface area contributed by atoms with Gasteiger partial charge in [0.05, 0.1) is 12.6 Å². The largest absolute Gasteiger partial charge is 0.497 e. The van der Waals surface area contributed by atoms with Crippen molar-refractivity contribution in [3.8, 4) is 5.75 Å². The molecule has 0 spiro atoms. The number of thiazole rings is 1. The molecular weight excluding hydrogens is 370 g/mol. The Labute approximate surface area is 169 Å². The summed E-state index contributed by atoms with van der Waals surface area (Å²) < 4.78 is 7.75. The molecule has 1 amide bonds. The van der Waals surface area contributed by atoms with E-state index in [1.807, 2.05) is 11.4 Å². The fourth-order valence-corrected chi connectivity index (χ4v) is 4.86. The predicted molar refractivity (Wildman–Crippen MR) is 114 cm³/mol. The number of nitrogens with one attached hydrogen (secondary N) is 1. The predicted octanol–water partition coefficient (Wildman–Crippen LogP) is 5.21. The second-order valence-corrected chi connectivity index (χ2v) is 9.16. The molecule has 1 aliphatic rings. The fraction of sp³-hybridized carbons (Fsp3) is 0.455. The average Bonchev–Trinajstić information content (AvgIpc) is 3.27. The van der Waals surface area contributed by atoms with E-state index >= 15 is 0 Å². The van der Waals surface area contributed by atoms with Crippen molar-refractivity contribution in [2.45, 2.75) is 52.5 Å². The van der Waals surface area contributed by atoms with Gasteiger partial charge >= 0.3 is 0 Å². The lowest BCUT2D eigenvalue weighted by atomic mass is 9.76. The van der Waals surface area contributed by atoms with E-state index < -0.39 is 0 Å². The topological polar surface area (TPSA) is 56.2 Å². The normalized spacial score (nSPS) is 16.6. The van der Waals surface area contributed by atoms with Crippen molar-refractivity contribution in [1.82, 2.24) is 9.55 Å². The van der Waals surface area contributed by atoms with Gasteiger partial charge in [-0.3, -0.25) is 4.79 Å². The van der Waals surface area contributed by atoms with Crippen molar-refractivity contribution in [2.24, 2.45) is 5.41 Å². The van der Waals surface area contributed by atoms with Crippen LogP contribution in [0.5, 0.6) is 5.75 Å². The first-order chi connectivity index (χ1) is 13.4. The smallest absolute Gasteiger partial charge is 0.249 e. The Balaban J connectivity index is 1.86. The lowest BCUT2D eigenvalue weighted by Crippen LogP contribution is -2.30. The number of aryl methyl sites for hydroxylation is 1. The molecule has 0 saturated heterocycles. The van der Waals surface area contributed by atoms with Crippen LogP contribution < -0.4 is 10.1 Å². The molecule has 0 radical (unpaired) electrons. The van der Waals surface area contributed by atoms with Gasteiger partial charge in [0, 0.05) is 28.7 Å². The average molecular weight is 398 g/mol. The summed E-state index contributed by atoms with van der Waals surface area (Å²) in [6, 6.07) is 5.95. The van der Waals surface area contributed by atoms with Crippen molar-refractivity contribution in [3.05, 3.63) is 41.0 Å². The van der Waals surface area contributed by atoms with Gasteiger partial charge in [0.15, 0.2) is 5.13 Å². The van der Waals surface area contributed by atoms with Crippen molar-refractivity contribution >= 4 is 33.3 Å². The van der Waals surface area contributed by atoms with E-state index in [1.165, 1.54) is 28.0 Å². The van der Waals surface area contributed by atoms with Gasteiger partial charge < -0.3 is 14.6 Å². The molecule has 1 atom stereocenters. The third-order valence-electron chi connectivity index (χ3n) is 5.79. The molecule has 0 fully saturated rings. The zero-order valence-electron chi connectivity index (χ0n) is 16.9. The summed E-state index contributed by atoms with van der Waals surface area (Å²) in [6.45, 7) is 6.70. The number of hydrogen-bond donors (Lipinski definition) is 1. The maximum absolute atomic E-state index is 13.2. The molecule has 1 aliphatic carbocycles. The highest BCUT2D eigenvalue weighted by atomic mass is 32.1. The number of ether oxygens (including phenoxy) is 1. The first kappa shape index (κ1) is 19.0. The molecule has 0 aliphatic heterocycles. The van der Waals surface area contributed by atoms with Crippen LogP contribution in [0.4, 0.5) is 5.13 Å². The van der Waals surface area contributed by atoms with E-state index in [1.54, 1.807) is 13.3 Å². The first-order valence-corrected chi connectivity index (χ1v) is 10.7. The summed E-state index contributed by atoms with van der Waals surface area (Å²) in [6.07, 6.45) is 5.60. The summed E-state index contributed by atoms with van der Waals surface area (Å²) in [5.74, 6) is 0.807. The van der Waals surface area contributed by atoms with E-state index in [-0.39, 0.29) is 17.4 Å². The van der Waals surface area contributed by atoms with Crippen LogP contribution in [0, 0.1) is 5.41 Å². The minimum Gasteiger partial charge on any atom is -0.497 e. The number of fused-ring (bicyclic) bond motifs is 3. The first-order valence-electron chi connectivity index (χ1n) is 9.83. The van der Waals surface area contributed by atoms with Gasteiger partial charge in [0.1, 0.15) is 11.8 Å². The standard InChI is InChI=1S/C22H27N3O2S/c1-5-17(20(26)24-21-23-10-11-28-21)25-18-12-14(27-4)6-7-15(18)16-8-9-22(2,3)13-19(16)25/h6-7,10-12,17H,5,8-9,13H2,1-4H3,(H,23,24,26). The number of carbonyl (C=O) groups excluding carboxylic acids is 1. The number of amides is 1. The number of aromatic nitrogens is 2. The van der Waals surface area contributed by atoms with Crippen molar-refractivity contribution < 1.29 is 9.53 Å². The number of methoxy groups -OCH3 is 1. The van der Waals surface area contributed by atoms with Crippen LogP contribution in [0.15, 0.2) is 29.8 Å². The molecule has 0 bridgehead atoms. The van der Waals surface area contributed by atoms with E-state index in [0.717, 1.165) is 30.5 Å². The molecule has 0 saturated carbocycles. The lowest BCUT2D eigenvalue weighted by Gasteiger charge is -2.32. The van der Waals surface area contributed by atoms with E-state index in [0.29, 0.717) is 11.6 Å². The summed E-state index contributed by atoms with van der Waals surface area (Å²) in [4.78, 5) is 17.4. The Hall–Kier alpha value is -2.34. The summed E-state index contributed by atoms with van der Waals surface area (Å²) in [5.41, 5.74) is 3.99. The fourth-order valence-electron chi connectivity index (χ4n) is 4.33. The van der Waals surface area contributed by atoms with E-state index in [4.69, 9.17) is 4.74 Å². The van der Waals surface area contributed by atoms with Crippen LogP contribution in [0.25, 0.3) is 10.9 Å². The second kappa shape index (κ2) is 7.24. The molecule has 2 heterocycles.